The summed E-state index contributed by atoms with van der Waals surface area (Å²) < 4.78 is 34.4. The highest BCUT2D eigenvalue weighted by Crippen LogP contribution is 2.13. The molecule has 0 N–H and O–H groups in total. The maximum atomic E-state index is 12.8. The lowest BCUT2D eigenvalue weighted by atomic mass is 10.2. The van der Waals surface area contributed by atoms with Crippen molar-refractivity contribution in [3.8, 4) is 0 Å². The largest absolute Gasteiger partial charge is 0.253 e. The lowest BCUT2D eigenvalue weighted by Crippen LogP contribution is -1.83. The van der Waals surface area contributed by atoms with Crippen LogP contribution in [0.5, 0.6) is 0 Å². The van der Waals surface area contributed by atoms with Crippen molar-refractivity contribution in [2.45, 2.75) is 6.85 Å². The van der Waals surface area contributed by atoms with E-state index >= 15 is 0 Å². The van der Waals surface area contributed by atoms with Crippen LogP contribution in [0.15, 0.2) is 30.3 Å². The average molecular weight is 164 g/mol. The predicted molar refractivity (Wildman–Crippen MR) is 46.4 cm³/mol. The van der Waals surface area contributed by atoms with E-state index in [-0.39, 0.29) is 11.5 Å². The van der Waals surface area contributed by atoms with E-state index in [1.807, 2.05) is 0 Å². The Hall–Kier alpha value is -1.44. The van der Waals surface area contributed by atoms with Gasteiger partial charge >= 0.3 is 0 Å². The number of nitrogens with zero attached hydrogens (tertiary/aromatic N) is 1. The number of benzene rings is 1. The minimum Gasteiger partial charge on any atom is -0.253 e. The Morgan fingerprint density at radius 2 is 2.25 bits per heavy atom. The zero-order chi connectivity index (χ0) is 11.1. The van der Waals surface area contributed by atoms with Gasteiger partial charge in [-0.1, -0.05) is 6.07 Å². The van der Waals surface area contributed by atoms with Gasteiger partial charge in [0.1, 0.15) is 5.82 Å². The van der Waals surface area contributed by atoms with Crippen LogP contribution in [0.4, 0.5) is 4.39 Å². The average Bonchev–Trinajstić information content (AvgIpc) is 2.15. The van der Waals surface area contributed by atoms with Crippen LogP contribution in [0, 0.1) is 12.7 Å². The standard InChI is InChI=1S/C10H8FN/c1-7-2-3-8-6-9(11)4-5-10(8)12-7/h2-6H,1H3/i1D3. The van der Waals surface area contributed by atoms with Crippen LogP contribution in [0.25, 0.3) is 10.9 Å². The van der Waals surface area contributed by atoms with Crippen LogP contribution in [0.2, 0.25) is 0 Å². The molecule has 1 heterocycles. The van der Waals surface area contributed by atoms with E-state index in [1.165, 1.54) is 24.3 Å². The summed E-state index contributed by atoms with van der Waals surface area (Å²) in [6.07, 6.45) is 0. The van der Waals surface area contributed by atoms with Gasteiger partial charge in [-0.25, -0.2) is 4.39 Å². The summed E-state index contributed by atoms with van der Waals surface area (Å²) in [5.41, 5.74) is 0.520. The van der Waals surface area contributed by atoms with Crippen molar-refractivity contribution in [2.24, 2.45) is 0 Å². The monoisotopic (exact) mass is 164 g/mol. The second kappa shape index (κ2) is 2.55. The predicted octanol–water partition coefficient (Wildman–Crippen LogP) is 2.68. The second-order valence-corrected chi connectivity index (χ2v) is 2.53. The first kappa shape index (κ1) is 4.55. The van der Waals surface area contributed by atoms with Gasteiger partial charge < -0.3 is 0 Å². The normalized spacial score (nSPS) is 15.2. The Morgan fingerprint density at radius 1 is 1.33 bits per heavy atom. The molecular weight excluding hydrogens is 153 g/mol. The molecule has 1 aromatic carbocycles. The molecule has 0 fully saturated rings. The number of fused-ring (bicyclic) bond motifs is 1. The SMILES string of the molecule is [2H]C([2H])([2H])c1ccc2cc(F)ccc2n1. The van der Waals surface area contributed by atoms with Crippen molar-refractivity contribution in [3.63, 3.8) is 0 Å². The molecule has 0 unspecified atom stereocenters. The highest BCUT2D eigenvalue weighted by Gasteiger charge is 1.95. The van der Waals surface area contributed by atoms with Crippen LogP contribution in [0.1, 0.15) is 9.81 Å². The van der Waals surface area contributed by atoms with Crippen molar-refractivity contribution in [1.82, 2.24) is 4.98 Å². The fourth-order valence-corrected chi connectivity index (χ4v) is 1.10. The van der Waals surface area contributed by atoms with E-state index in [4.69, 9.17) is 4.11 Å². The molecule has 0 bridgehead atoms. The summed E-state index contributed by atoms with van der Waals surface area (Å²) in [7, 11) is 0. The second-order valence-electron chi connectivity index (χ2n) is 2.53. The summed E-state index contributed by atoms with van der Waals surface area (Å²) in [6, 6.07) is 7.02. The quantitative estimate of drug-likeness (QED) is 0.583. The Morgan fingerprint density at radius 3 is 3.08 bits per heavy atom. The first-order valence-corrected chi connectivity index (χ1v) is 3.53. The number of rotatable bonds is 0. The van der Waals surface area contributed by atoms with E-state index in [9.17, 15) is 4.39 Å². The van der Waals surface area contributed by atoms with Gasteiger partial charge in [-0.3, -0.25) is 4.98 Å². The molecule has 2 rings (SSSR count). The van der Waals surface area contributed by atoms with Crippen molar-refractivity contribution >= 4 is 10.9 Å². The first-order valence-electron chi connectivity index (χ1n) is 5.03. The number of aromatic nitrogens is 1. The molecule has 0 aliphatic heterocycles. The molecule has 0 aliphatic rings. The molecule has 12 heavy (non-hydrogen) atoms. The molecule has 2 aromatic rings. The molecule has 0 aliphatic carbocycles. The van der Waals surface area contributed by atoms with Gasteiger partial charge in [0.25, 0.3) is 0 Å². The first-order chi connectivity index (χ1) is 6.97. The van der Waals surface area contributed by atoms with Gasteiger partial charge in [0, 0.05) is 15.2 Å². The molecule has 0 saturated heterocycles. The van der Waals surface area contributed by atoms with Crippen LogP contribution in [-0.4, -0.2) is 4.98 Å². The van der Waals surface area contributed by atoms with Crippen molar-refractivity contribution < 1.29 is 8.50 Å². The minimum absolute atomic E-state index is 0.0293. The molecular formula is C10H8FN. The van der Waals surface area contributed by atoms with E-state index < -0.39 is 6.85 Å². The van der Waals surface area contributed by atoms with Crippen LogP contribution < -0.4 is 0 Å². The number of halogens is 1. The lowest BCUT2D eigenvalue weighted by molar-refractivity contribution is 0.629. The summed E-state index contributed by atoms with van der Waals surface area (Å²) in [5, 5.41) is 0.600. The highest BCUT2D eigenvalue weighted by molar-refractivity contribution is 5.78. The van der Waals surface area contributed by atoms with E-state index in [2.05, 4.69) is 4.98 Å². The van der Waals surface area contributed by atoms with Gasteiger partial charge in [-0.2, -0.15) is 0 Å². The fourth-order valence-electron chi connectivity index (χ4n) is 1.10. The molecule has 0 radical (unpaired) electrons. The Bertz CT molecular complexity index is 507. The molecule has 0 saturated carbocycles. The molecule has 60 valence electrons. The molecule has 0 atom stereocenters. The van der Waals surface area contributed by atoms with Gasteiger partial charge in [-0.05, 0) is 31.1 Å². The minimum atomic E-state index is -2.22. The van der Waals surface area contributed by atoms with Crippen LogP contribution in [-0.2, 0) is 0 Å². The molecule has 2 heteroatoms. The van der Waals surface area contributed by atoms with Crippen molar-refractivity contribution in [2.75, 3.05) is 0 Å². The van der Waals surface area contributed by atoms with Gasteiger partial charge in [0.15, 0.2) is 0 Å². The lowest BCUT2D eigenvalue weighted by Gasteiger charge is -1.97. The third kappa shape index (κ3) is 1.16. The van der Waals surface area contributed by atoms with Crippen LogP contribution in [0.3, 0.4) is 0 Å². The summed E-state index contributed by atoms with van der Waals surface area (Å²) in [5.74, 6) is -0.356. The highest BCUT2D eigenvalue weighted by atomic mass is 19.1. The number of aryl methyl sites for hydroxylation is 1. The van der Waals surface area contributed by atoms with E-state index in [0.717, 1.165) is 0 Å². The number of pyridine rings is 1. The summed E-state index contributed by atoms with van der Waals surface area (Å²) in [4.78, 5) is 3.96. The molecule has 1 aromatic heterocycles. The maximum Gasteiger partial charge on any atom is 0.123 e. The number of hydrogen-bond acceptors (Lipinski definition) is 1. The molecule has 1 nitrogen and oxygen atoms in total. The zero-order valence-electron chi connectivity index (χ0n) is 9.21. The van der Waals surface area contributed by atoms with Gasteiger partial charge in [0.2, 0.25) is 0 Å². The van der Waals surface area contributed by atoms with E-state index in [1.54, 1.807) is 6.07 Å². The van der Waals surface area contributed by atoms with E-state index in [0.29, 0.717) is 10.9 Å². The smallest absolute Gasteiger partial charge is 0.123 e. The molecule has 0 spiro atoms. The maximum absolute atomic E-state index is 12.8. The Balaban J connectivity index is 2.62. The van der Waals surface area contributed by atoms with Gasteiger partial charge in [0.05, 0.1) is 5.52 Å². The Kier molecular flexibility index (Phi) is 0.969. The third-order valence-electron chi connectivity index (χ3n) is 1.65. The zero-order valence-corrected chi connectivity index (χ0v) is 6.21. The van der Waals surface area contributed by atoms with Crippen molar-refractivity contribution in [3.05, 3.63) is 41.8 Å². The fraction of sp³-hybridized carbons (Fsp3) is 0.100. The molecule has 0 amide bonds. The summed E-state index contributed by atoms with van der Waals surface area (Å²) in [6.45, 7) is -2.22. The third-order valence-corrected chi connectivity index (χ3v) is 1.65. The van der Waals surface area contributed by atoms with Crippen molar-refractivity contribution in [1.29, 1.82) is 0 Å². The van der Waals surface area contributed by atoms with Gasteiger partial charge in [-0.15, -0.1) is 0 Å². The number of hydrogen-bond donors (Lipinski definition) is 0. The summed E-state index contributed by atoms with van der Waals surface area (Å²) >= 11 is 0. The van der Waals surface area contributed by atoms with Crippen LogP contribution >= 0.6 is 0 Å². The Labute approximate surface area is 74.1 Å². The topological polar surface area (TPSA) is 12.9 Å².